The average Bonchev–Trinajstić information content (AvgIpc) is 2.76. The summed E-state index contributed by atoms with van der Waals surface area (Å²) in [6.07, 6.45) is 6.42. The highest BCUT2D eigenvalue weighted by Gasteiger charge is 2.50. The molecule has 13 heavy (non-hydrogen) atoms. The molecule has 0 radical (unpaired) electrons. The van der Waals surface area contributed by atoms with E-state index in [1.54, 1.807) is 0 Å². The Balaban J connectivity index is 2.10. The second-order valence-corrected chi connectivity index (χ2v) is 4.75. The molecule has 0 aromatic carbocycles. The van der Waals surface area contributed by atoms with Crippen molar-refractivity contribution in [3.8, 4) is 0 Å². The number of rotatable bonds is 2. The number of esters is 1. The van der Waals surface area contributed by atoms with Crippen molar-refractivity contribution in [1.82, 2.24) is 0 Å². The zero-order chi connectivity index (χ0) is 9.47. The van der Waals surface area contributed by atoms with Crippen LogP contribution in [0, 0.1) is 17.3 Å². The molecular weight excluding hydrogens is 164 g/mol. The van der Waals surface area contributed by atoms with Crippen LogP contribution in [0.2, 0.25) is 0 Å². The molecule has 2 heteroatoms. The van der Waals surface area contributed by atoms with Crippen molar-refractivity contribution in [3.63, 3.8) is 0 Å². The van der Waals surface area contributed by atoms with E-state index in [1.165, 1.54) is 39.2 Å². The molecule has 1 unspecified atom stereocenters. The van der Waals surface area contributed by atoms with Crippen molar-refractivity contribution >= 4 is 5.97 Å². The van der Waals surface area contributed by atoms with Gasteiger partial charge in [0.15, 0.2) is 0 Å². The summed E-state index contributed by atoms with van der Waals surface area (Å²) in [6, 6.07) is 0. The predicted octanol–water partition coefficient (Wildman–Crippen LogP) is 2.38. The summed E-state index contributed by atoms with van der Waals surface area (Å²) in [5, 5.41) is 0. The maximum Gasteiger partial charge on any atom is 0.308 e. The van der Waals surface area contributed by atoms with Crippen molar-refractivity contribution in [2.45, 2.75) is 39.0 Å². The lowest BCUT2D eigenvalue weighted by Gasteiger charge is -2.31. The number of hydrogen-bond donors (Lipinski definition) is 0. The molecule has 0 saturated heterocycles. The molecule has 2 fully saturated rings. The summed E-state index contributed by atoms with van der Waals surface area (Å²) < 4.78 is 4.83. The van der Waals surface area contributed by atoms with Gasteiger partial charge in [0.25, 0.3) is 0 Å². The van der Waals surface area contributed by atoms with E-state index in [0.29, 0.717) is 5.41 Å². The Morgan fingerprint density at radius 3 is 2.46 bits per heavy atom. The second-order valence-electron chi connectivity index (χ2n) is 4.75. The second kappa shape index (κ2) is 3.00. The van der Waals surface area contributed by atoms with E-state index in [1.807, 2.05) is 6.92 Å². The Bertz CT molecular complexity index is 214. The SMILES string of the molecule is COC(=O)C(C)C12CCC(CC1)C2. The van der Waals surface area contributed by atoms with Crippen LogP contribution in [-0.2, 0) is 9.53 Å². The van der Waals surface area contributed by atoms with Crippen molar-refractivity contribution in [3.05, 3.63) is 0 Å². The Morgan fingerprint density at radius 2 is 2.08 bits per heavy atom. The first kappa shape index (κ1) is 9.04. The molecule has 74 valence electrons. The number of hydrogen-bond acceptors (Lipinski definition) is 2. The van der Waals surface area contributed by atoms with E-state index >= 15 is 0 Å². The molecule has 2 rings (SSSR count). The van der Waals surface area contributed by atoms with Gasteiger partial charge in [0.05, 0.1) is 13.0 Å². The van der Waals surface area contributed by atoms with Gasteiger partial charge in [-0.1, -0.05) is 6.92 Å². The van der Waals surface area contributed by atoms with E-state index in [0.717, 1.165) is 5.92 Å². The molecule has 0 aromatic heterocycles. The third-order valence-electron chi connectivity index (χ3n) is 4.27. The van der Waals surface area contributed by atoms with E-state index in [4.69, 9.17) is 4.74 Å². The molecule has 0 aromatic rings. The Kier molecular flexibility index (Phi) is 2.09. The normalized spacial score (nSPS) is 39.1. The first-order chi connectivity index (χ1) is 6.18. The molecule has 1 atom stereocenters. The Hall–Kier alpha value is -0.530. The summed E-state index contributed by atoms with van der Waals surface area (Å²) in [6.45, 7) is 2.04. The number of carbonyl (C=O) groups is 1. The fourth-order valence-electron chi connectivity index (χ4n) is 3.27. The third kappa shape index (κ3) is 1.27. The quantitative estimate of drug-likeness (QED) is 0.613. The molecule has 0 aliphatic heterocycles. The molecule has 2 aliphatic rings. The maximum atomic E-state index is 11.5. The molecule has 0 amide bonds. The molecule has 2 bridgehead atoms. The van der Waals surface area contributed by atoms with Gasteiger partial charge in [-0.25, -0.2) is 0 Å². The van der Waals surface area contributed by atoms with Gasteiger partial charge < -0.3 is 4.74 Å². The van der Waals surface area contributed by atoms with E-state index in [-0.39, 0.29) is 11.9 Å². The zero-order valence-corrected chi connectivity index (χ0v) is 8.51. The van der Waals surface area contributed by atoms with Crippen molar-refractivity contribution in [2.75, 3.05) is 7.11 Å². The van der Waals surface area contributed by atoms with Gasteiger partial charge in [-0.3, -0.25) is 4.79 Å². The molecule has 2 nitrogen and oxygen atoms in total. The molecule has 2 saturated carbocycles. The minimum Gasteiger partial charge on any atom is -0.469 e. The standard InChI is InChI=1S/C11H18O2/c1-8(10(12)13-2)11-5-3-9(7-11)4-6-11/h8-9H,3-7H2,1-2H3. The van der Waals surface area contributed by atoms with Crippen molar-refractivity contribution < 1.29 is 9.53 Å². The van der Waals surface area contributed by atoms with Crippen molar-refractivity contribution in [1.29, 1.82) is 0 Å². The zero-order valence-electron chi connectivity index (χ0n) is 8.51. The molecule has 2 aliphatic carbocycles. The minimum atomic E-state index is -0.0115. The van der Waals surface area contributed by atoms with Crippen LogP contribution in [0.3, 0.4) is 0 Å². The van der Waals surface area contributed by atoms with Gasteiger partial charge in [0, 0.05) is 0 Å². The van der Waals surface area contributed by atoms with Crippen LogP contribution < -0.4 is 0 Å². The van der Waals surface area contributed by atoms with Crippen molar-refractivity contribution in [2.24, 2.45) is 17.3 Å². The van der Waals surface area contributed by atoms with E-state index < -0.39 is 0 Å². The van der Waals surface area contributed by atoms with Gasteiger partial charge in [-0.2, -0.15) is 0 Å². The fourth-order valence-corrected chi connectivity index (χ4v) is 3.27. The number of methoxy groups -OCH3 is 1. The summed E-state index contributed by atoms with van der Waals surface area (Å²) in [4.78, 5) is 11.5. The first-order valence-electron chi connectivity index (χ1n) is 5.26. The molecule has 0 N–H and O–H groups in total. The fraction of sp³-hybridized carbons (Fsp3) is 0.909. The lowest BCUT2D eigenvalue weighted by Crippen LogP contribution is -2.31. The summed E-state index contributed by atoms with van der Waals surface area (Å²) in [5.41, 5.74) is 0.317. The van der Waals surface area contributed by atoms with Gasteiger partial charge in [-0.05, 0) is 43.4 Å². The summed E-state index contributed by atoms with van der Waals surface area (Å²) >= 11 is 0. The van der Waals surface area contributed by atoms with E-state index in [9.17, 15) is 4.79 Å². The minimum absolute atomic E-state index is 0.0115. The molecular formula is C11H18O2. The largest absolute Gasteiger partial charge is 0.469 e. The van der Waals surface area contributed by atoms with Crippen LogP contribution in [0.15, 0.2) is 0 Å². The smallest absolute Gasteiger partial charge is 0.308 e. The lowest BCUT2D eigenvalue weighted by atomic mass is 9.74. The highest BCUT2D eigenvalue weighted by Crippen LogP contribution is 2.58. The van der Waals surface area contributed by atoms with Crippen LogP contribution in [0.25, 0.3) is 0 Å². The van der Waals surface area contributed by atoms with Crippen LogP contribution in [0.4, 0.5) is 0 Å². The molecule has 0 heterocycles. The monoisotopic (exact) mass is 182 g/mol. The lowest BCUT2D eigenvalue weighted by molar-refractivity contribution is -0.149. The van der Waals surface area contributed by atoms with Gasteiger partial charge in [0.1, 0.15) is 0 Å². The average molecular weight is 182 g/mol. The molecule has 0 spiro atoms. The van der Waals surface area contributed by atoms with Crippen LogP contribution in [0.5, 0.6) is 0 Å². The van der Waals surface area contributed by atoms with Crippen LogP contribution in [0.1, 0.15) is 39.0 Å². The third-order valence-corrected chi connectivity index (χ3v) is 4.27. The van der Waals surface area contributed by atoms with Gasteiger partial charge in [-0.15, -0.1) is 0 Å². The van der Waals surface area contributed by atoms with Gasteiger partial charge >= 0.3 is 5.97 Å². The highest BCUT2D eigenvalue weighted by atomic mass is 16.5. The topological polar surface area (TPSA) is 26.3 Å². The predicted molar refractivity (Wildman–Crippen MR) is 50.2 cm³/mol. The number of fused-ring (bicyclic) bond motifs is 2. The van der Waals surface area contributed by atoms with E-state index in [2.05, 4.69) is 0 Å². The summed E-state index contributed by atoms with van der Waals surface area (Å²) in [5.74, 6) is 1.01. The first-order valence-corrected chi connectivity index (χ1v) is 5.26. The Labute approximate surface area is 79.7 Å². The van der Waals surface area contributed by atoms with Gasteiger partial charge in [0.2, 0.25) is 0 Å². The Morgan fingerprint density at radius 1 is 1.46 bits per heavy atom. The highest BCUT2D eigenvalue weighted by molar-refractivity contribution is 5.73. The van der Waals surface area contributed by atoms with Crippen LogP contribution >= 0.6 is 0 Å². The number of ether oxygens (including phenoxy) is 1. The number of carbonyl (C=O) groups excluding carboxylic acids is 1. The maximum absolute atomic E-state index is 11.5. The van der Waals surface area contributed by atoms with Crippen LogP contribution in [-0.4, -0.2) is 13.1 Å². The summed E-state index contributed by atoms with van der Waals surface area (Å²) in [7, 11) is 1.50.